The first-order valence-electron chi connectivity index (χ1n) is 7.58. The van der Waals surface area contributed by atoms with Crippen LogP contribution in [0.4, 0.5) is 28.7 Å². The smallest absolute Gasteiger partial charge is 0.221 e. The molecule has 0 atom stereocenters. The zero-order valence-electron chi connectivity index (χ0n) is 13.5. The Kier molecular flexibility index (Phi) is 5.25. The Morgan fingerprint density at radius 3 is 2.20 bits per heavy atom. The van der Waals surface area contributed by atoms with Crippen molar-refractivity contribution >= 4 is 50.5 Å². The number of benzene rings is 2. The third-order valence-corrected chi connectivity index (χ3v) is 3.77. The average molecular weight is 398 g/mol. The number of anilines is 5. The number of rotatable bonds is 5. The third kappa shape index (κ3) is 5.02. The normalized spacial score (nSPS) is 10.2. The number of amides is 1. The molecule has 1 amide bonds. The highest BCUT2D eigenvalue weighted by Crippen LogP contribution is 2.22. The number of carbonyl (C=O) groups is 1. The van der Waals surface area contributed by atoms with Crippen molar-refractivity contribution in [2.75, 3.05) is 16.0 Å². The van der Waals surface area contributed by atoms with Crippen molar-refractivity contribution in [1.82, 2.24) is 9.97 Å². The summed E-state index contributed by atoms with van der Waals surface area (Å²) in [4.78, 5) is 19.6. The fourth-order valence-electron chi connectivity index (χ4n) is 2.20. The second kappa shape index (κ2) is 7.76. The van der Waals surface area contributed by atoms with Crippen LogP contribution < -0.4 is 16.0 Å². The lowest BCUT2D eigenvalue weighted by atomic mass is 10.2. The Bertz CT molecular complexity index is 883. The van der Waals surface area contributed by atoms with E-state index in [1.807, 2.05) is 54.6 Å². The lowest BCUT2D eigenvalue weighted by Gasteiger charge is -2.10. The molecule has 3 aromatic rings. The van der Waals surface area contributed by atoms with Crippen molar-refractivity contribution in [3.05, 3.63) is 65.4 Å². The molecule has 3 N–H and O–H groups in total. The van der Waals surface area contributed by atoms with Gasteiger partial charge < -0.3 is 16.0 Å². The van der Waals surface area contributed by atoms with Gasteiger partial charge in [-0.25, -0.2) is 9.97 Å². The molecule has 3 rings (SSSR count). The van der Waals surface area contributed by atoms with Gasteiger partial charge in [-0.2, -0.15) is 0 Å². The van der Waals surface area contributed by atoms with Gasteiger partial charge in [-0.15, -0.1) is 0 Å². The summed E-state index contributed by atoms with van der Waals surface area (Å²) in [6, 6.07) is 17.1. The summed E-state index contributed by atoms with van der Waals surface area (Å²) < 4.78 is 1.02. The summed E-state index contributed by atoms with van der Waals surface area (Å²) in [5.41, 5.74) is 2.47. The first kappa shape index (κ1) is 16.9. The van der Waals surface area contributed by atoms with Gasteiger partial charge in [0, 0.05) is 34.5 Å². The van der Waals surface area contributed by atoms with Crippen LogP contribution in [0.5, 0.6) is 0 Å². The molecular weight excluding hydrogens is 382 g/mol. The van der Waals surface area contributed by atoms with Crippen LogP contribution in [0, 0.1) is 0 Å². The minimum atomic E-state index is -0.111. The molecule has 7 heteroatoms. The van der Waals surface area contributed by atoms with Crippen LogP contribution in [-0.4, -0.2) is 15.9 Å². The maximum Gasteiger partial charge on any atom is 0.221 e. The fraction of sp³-hybridized carbons (Fsp3) is 0.0556. The largest absolute Gasteiger partial charge is 0.340 e. The monoisotopic (exact) mass is 397 g/mol. The SMILES string of the molecule is CC(=O)Nc1cccc(Nc2cc(Nc3ccc(Br)cc3)ncn2)c1. The summed E-state index contributed by atoms with van der Waals surface area (Å²) >= 11 is 3.41. The maximum atomic E-state index is 11.2. The molecule has 6 nitrogen and oxygen atoms in total. The van der Waals surface area contributed by atoms with Crippen LogP contribution in [0.25, 0.3) is 0 Å². The zero-order chi connectivity index (χ0) is 17.6. The Morgan fingerprint density at radius 1 is 0.880 bits per heavy atom. The van der Waals surface area contributed by atoms with Gasteiger partial charge in [0.05, 0.1) is 0 Å². The number of hydrogen-bond donors (Lipinski definition) is 3. The lowest BCUT2D eigenvalue weighted by molar-refractivity contribution is -0.114. The molecule has 0 aliphatic heterocycles. The maximum absolute atomic E-state index is 11.2. The van der Waals surface area contributed by atoms with E-state index in [0.717, 1.165) is 21.5 Å². The summed E-state index contributed by atoms with van der Waals surface area (Å²) in [5.74, 6) is 1.22. The predicted octanol–water partition coefficient (Wildman–Crippen LogP) is 4.68. The highest BCUT2D eigenvalue weighted by Gasteiger charge is 2.02. The van der Waals surface area contributed by atoms with Crippen molar-refractivity contribution in [1.29, 1.82) is 0 Å². The Balaban J connectivity index is 1.73. The molecule has 25 heavy (non-hydrogen) atoms. The zero-order valence-corrected chi connectivity index (χ0v) is 15.0. The van der Waals surface area contributed by atoms with Gasteiger partial charge in [0.2, 0.25) is 5.91 Å². The van der Waals surface area contributed by atoms with Gasteiger partial charge in [0.25, 0.3) is 0 Å². The molecule has 1 aromatic heterocycles. The van der Waals surface area contributed by atoms with E-state index in [2.05, 4.69) is 41.8 Å². The number of hydrogen-bond acceptors (Lipinski definition) is 5. The molecule has 0 aliphatic rings. The summed E-state index contributed by atoms with van der Waals surface area (Å²) in [5, 5.41) is 9.18. The van der Waals surface area contributed by atoms with Crippen LogP contribution in [-0.2, 0) is 4.79 Å². The molecule has 0 spiro atoms. The minimum absolute atomic E-state index is 0.111. The number of nitrogens with one attached hydrogen (secondary N) is 3. The third-order valence-electron chi connectivity index (χ3n) is 3.24. The molecule has 0 radical (unpaired) electrons. The van der Waals surface area contributed by atoms with Crippen LogP contribution in [0.15, 0.2) is 65.4 Å². The predicted molar refractivity (Wildman–Crippen MR) is 103 cm³/mol. The second-order valence-corrected chi connectivity index (χ2v) is 6.22. The van der Waals surface area contributed by atoms with Gasteiger partial charge in [0.1, 0.15) is 18.0 Å². The van der Waals surface area contributed by atoms with Gasteiger partial charge in [-0.05, 0) is 42.5 Å². The number of carbonyl (C=O) groups excluding carboxylic acids is 1. The van der Waals surface area contributed by atoms with Crippen molar-refractivity contribution in [2.45, 2.75) is 6.92 Å². The Morgan fingerprint density at radius 2 is 1.52 bits per heavy atom. The molecule has 0 saturated heterocycles. The van der Waals surface area contributed by atoms with E-state index in [4.69, 9.17) is 0 Å². The first-order valence-corrected chi connectivity index (χ1v) is 8.37. The van der Waals surface area contributed by atoms with E-state index in [9.17, 15) is 4.79 Å². The summed E-state index contributed by atoms with van der Waals surface area (Å²) in [6.45, 7) is 1.48. The van der Waals surface area contributed by atoms with Crippen molar-refractivity contribution in [3.8, 4) is 0 Å². The quantitative estimate of drug-likeness (QED) is 0.582. The standard InChI is InChI=1S/C18H16BrN5O/c1-12(25)22-15-3-2-4-16(9-15)24-18-10-17(20-11-21-18)23-14-7-5-13(19)6-8-14/h2-11H,1H3,(H,22,25)(H2,20,21,23,24). The van der Waals surface area contributed by atoms with Gasteiger partial charge in [-0.1, -0.05) is 22.0 Å². The molecule has 1 heterocycles. The molecule has 0 bridgehead atoms. The fourth-order valence-corrected chi connectivity index (χ4v) is 2.47. The van der Waals surface area contributed by atoms with Crippen LogP contribution in [0.3, 0.4) is 0 Å². The van der Waals surface area contributed by atoms with Gasteiger partial charge >= 0.3 is 0 Å². The van der Waals surface area contributed by atoms with Crippen LogP contribution >= 0.6 is 15.9 Å². The molecule has 2 aromatic carbocycles. The van der Waals surface area contributed by atoms with Crippen LogP contribution in [0.1, 0.15) is 6.92 Å². The highest BCUT2D eigenvalue weighted by atomic mass is 79.9. The van der Waals surface area contributed by atoms with E-state index in [0.29, 0.717) is 11.6 Å². The number of nitrogens with zero attached hydrogens (tertiary/aromatic N) is 2. The molecular formula is C18H16BrN5O. The summed E-state index contributed by atoms with van der Waals surface area (Å²) in [6.07, 6.45) is 1.49. The molecule has 126 valence electrons. The molecule has 0 saturated carbocycles. The van der Waals surface area contributed by atoms with E-state index in [1.54, 1.807) is 0 Å². The molecule has 0 unspecified atom stereocenters. The topological polar surface area (TPSA) is 78.9 Å². The van der Waals surface area contributed by atoms with E-state index in [1.165, 1.54) is 13.3 Å². The van der Waals surface area contributed by atoms with E-state index >= 15 is 0 Å². The first-order chi connectivity index (χ1) is 12.1. The highest BCUT2D eigenvalue weighted by molar-refractivity contribution is 9.10. The lowest BCUT2D eigenvalue weighted by Crippen LogP contribution is -2.06. The number of halogens is 1. The van der Waals surface area contributed by atoms with Crippen LogP contribution in [0.2, 0.25) is 0 Å². The van der Waals surface area contributed by atoms with E-state index < -0.39 is 0 Å². The number of aromatic nitrogens is 2. The van der Waals surface area contributed by atoms with Crippen molar-refractivity contribution in [2.24, 2.45) is 0 Å². The Hall–Kier alpha value is -2.93. The van der Waals surface area contributed by atoms with Gasteiger partial charge in [-0.3, -0.25) is 4.79 Å². The van der Waals surface area contributed by atoms with E-state index in [-0.39, 0.29) is 5.91 Å². The molecule has 0 fully saturated rings. The minimum Gasteiger partial charge on any atom is -0.340 e. The van der Waals surface area contributed by atoms with Gasteiger partial charge in [0.15, 0.2) is 0 Å². The molecule has 0 aliphatic carbocycles. The summed E-state index contributed by atoms with van der Waals surface area (Å²) in [7, 11) is 0. The second-order valence-electron chi connectivity index (χ2n) is 5.31. The van der Waals surface area contributed by atoms with Crippen molar-refractivity contribution in [3.63, 3.8) is 0 Å². The Labute approximate surface area is 153 Å². The van der Waals surface area contributed by atoms with Crippen molar-refractivity contribution < 1.29 is 4.79 Å². The average Bonchev–Trinajstić information content (AvgIpc) is 2.57.